The smallest absolute Gasteiger partial charge is 0.243 e. The van der Waals surface area contributed by atoms with Crippen molar-refractivity contribution in [1.82, 2.24) is 15.5 Å². The summed E-state index contributed by atoms with van der Waals surface area (Å²) in [6.07, 6.45) is 5.57. The number of hydrogen-bond donors (Lipinski definition) is 1. The summed E-state index contributed by atoms with van der Waals surface area (Å²) >= 11 is 0. The van der Waals surface area contributed by atoms with Crippen molar-refractivity contribution in [2.75, 3.05) is 13.7 Å². The van der Waals surface area contributed by atoms with Gasteiger partial charge < -0.3 is 14.6 Å². The Kier molecular flexibility index (Phi) is 4.35. The fraction of sp³-hybridized carbons (Fsp3) is 0.846. The van der Waals surface area contributed by atoms with E-state index in [9.17, 15) is 0 Å². The van der Waals surface area contributed by atoms with Crippen LogP contribution in [0.15, 0.2) is 4.52 Å². The van der Waals surface area contributed by atoms with Crippen molar-refractivity contribution in [3.63, 3.8) is 0 Å². The highest BCUT2D eigenvalue weighted by Gasteiger charge is 2.38. The van der Waals surface area contributed by atoms with Gasteiger partial charge in [0.2, 0.25) is 11.7 Å². The lowest BCUT2D eigenvalue weighted by molar-refractivity contribution is -0.0527. The van der Waals surface area contributed by atoms with E-state index in [0.29, 0.717) is 11.7 Å². The Labute approximate surface area is 108 Å². The summed E-state index contributed by atoms with van der Waals surface area (Å²) in [5.41, 5.74) is -0.327. The number of nitrogens with one attached hydrogen (secondary N) is 1. The molecule has 0 radical (unpaired) electrons. The van der Waals surface area contributed by atoms with Gasteiger partial charge in [-0.05, 0) is 26.3 Å². The van der Waals surface area contributed by atoms with Gasteiger partial charge in [-0.15, -0.1) is 0 Å². The molecule has 1 aliphatic rings. The zero-order valence-electron chi connectivity index (χ0n) is 11.5. The second kappa shape index (κ2) is 5.80. The molecule has 0 saturated heterocycles. The van der Waals surface area contributed by atoms with Gasteiger partial charge in [0.05, 0.1) is 6.04 Å². The van der Waals surface area contributed by atoms with Crippen molar-refractivity contribution in [1.29, 1.82) is 0 Å². The van der Waals surface area contributed by atoms with Crippen LogP contribution in [0.5, 0.6) is 0 Å². The minimum Gasteiger partial charge on any atom is -0.370 e. The number of ether oxygens (including phenoxy) is 1. The van der Waals surface area contributed by atoms with Crippen molar-refractivity contribution in [2.24, 2.45) is 0 Å². The van der Waals surface area contributed by atoms with Gasteiger partial charge in [0, 0.05) is 7.11 Å². The predicted molar refractivity (Wildman–Crippen MR) is 68.2 cm³/mol. The van der Waals surface area contributed by atoms with Crippen molar-refractivity contribution in [3.8, 4) is 0 Å². The molecule has 1 atom stereocenters. The van der Waals surface area contributed by atoms with E-state index in [1.54, 1.807) is 7.11 Å². The average Bonchev–Trinajstić information content (AvgIpc) is 2.90. The van der Waals surface area contributed by atoms with E-state index < -0.39 is 0 Å². The Hall–Kier alpha value is -0.940. The Balaban J connectivity index is 2.16. The third kappa shape index (κ3) is 2.57. The van der Waals surface area contributed by atoms with E-state index >= 15 is 0 Å². The highest BCUT2D eigenvalue weighted by atomic mass is 16.5. The van der Waals surface area contributed by atoms with E-state index in [1.807, 2.05) is 6.92 Å². The van der Waals surface area contributed by atoms with Gasteiger partial charge in [0.25, 0.3) is 0 Å². The molecule has 0 bridgehead atoms. The number of methoxy groups -OCH3 is 1. The van der Waals surface area contributed by atoms with Gasteiger partial charge >= 0.3 is 0 Å². The summed E-state index contributed by atoms with van der Waals surface area (Å²) in [7, 11) is 1.75. The molecule has 0 aliphatic heterocycles. The molecule has 1 aromatic heterocycles. The quantitative estimate of drug-likeness (QED) is 0.873. The summed E-state index contributed by atoms with van der Waals surface area (Å²) in [5, 5.41) is 7.41. The van der Waals surface area contributed by atoms with Crippen LogP contribution >= 0.6 is 0 Å². The van der Waals surface area contributed by atoms with E-state index in [-0.39, 0.29) is 11.6 Å². The molecule has 1 saturated carbocycles. The Morgan fingerprint density at radius 1 is 1.39 bits per heavy atom. The minimum atomic E-state index is -0.327. The number of nitrogens with zero attached hydrogens (tertiary/aromatic N) is 2. The zero-order valence-corrected chi connectivity index (χ0v) is 11.5. The molecule has 102 valence electrons. The highest BCUT2D eigenvalue weighted by molar-refractivity contribution is 5.04. The van der Waals surface area contributed by atoms with Crippen LogP contribution in [0.2, 0.25) is 0 Å². The van der Waals surface area contributed by atoms with Crippen LogP contribution in [0.25, 0.3) is 0 Å². The zero-order chi connectivity index (χ0) is 13.0. The molecule has 0 spiro atoms. The Morgan fingerprint density at radius 2 is 2.11 bits per heavy atom. The minimum absolute atomic E-state index is 0.0914. The topological polar surface area (TPSA) is 60.2 Å². The Bertz CT molecular complexity index is 372. The van der Waals surface area contributed by atoms with Gasteiger partial charge in [-0.3, -0.25) is 0 Å². The first-order chi connectivity index (χ1) is 8.72. The maximum absolute atomic E-state index is 5.71. The molecule has 1 unspecified atom stereocenters. The van der Waals surface area contributed by atoms with E-state index in [1.165, 1.54) is 19.3 Å². The van der Waals surface area contributed by atoms with Gasteiger partial charge in [-0.2, -0.15) is 4.98 Å². The monoisotopic (exact) mass is 253 g/mol. The molecule has 5 nitrogen and oxygen atoms in total. The molecule has 0 aromatic carbocycles. The summed E-state index contributed by atoms with van der Waals surface area (Å²) < 4.78 is 11.1. The molecule has 1 heterocycles. The van der Waals surface area contributed by atoms with E-state index in [0.717, 1.165) is 19.4 Å². The largest absolute Gasteiger partial charge is 0.370 e. The van der Waals surface area contributed by atoms with Crippen LogP contribution in [0.1, 0.15) is 63.7 Å². The van der Waals surface area contributed by atoms with Crippen molar-refractivity contribution < 1.29 is 9.26 Å². The maximum Gasteiger partial charge on any atom is 0.243 e. The molecular weight excluding hydrogens is 230 g/mol. The van der Waals surface area contributed by atoms with Crippen molar-refractivity contribution in [3.05, 3.63) is 11.7 Å². The molecule has 2 rings (SSSR count). The molecule has 1 aliphatic carbocycles. The summed E-state index contributed by atoms with van der Waals surface area (Å²) in [6, 6.07) is 0.0914. The second-order valence-corrected chi connectivity index (χ2v) is 4.99. The molecule has 1 aromatic rings. The normalized spacial score (nSPS) is 20.8. The SMILES string of the molecule is CCNC(C)c1nc(C2(OC)CCCCC2)no1. The third-order valence-electron chi connectivity index (χ3n) is 3.78. The highest BCUT2D eigenvalue weighted by Crippen LogP contribution is 2.38. The van der Waals surface area contributed by atoms with Crippen molar-refractivity contribution >= 4 is 0 Å². The Morgan fingerprint density at radius 3 is 2.72 bits per heavy atom. The van der Waals surface area contributed by atoms with Crippen LogP contribution in [-0.4, -0.2) is 23.8 Å². The second-order valence-electron chi connectivity index (χ2n) is 4.99. The van der Waals surface area contributed by atoms with Crippen LogP contribution in [0.4, 0.5) is 0 Å². The molecule has 5 heteroatoms. The van der Waals surface area contributed by atoms with Gasteiger partial charge in [-0.25, -0.2) is 0 Å². The van der Waals surface area contributed by atoms with Crippen LogP contribution in [0, 0.1) is 0 Å². The van der Waals surface area contributed by atoms with Crippen LogP contribution in [0.3, 0.4) is 0 Å². The van der Waals surface area contributed by atoms with Gasteiger partial charge in [-0.1, -0.05) is 31.3 Å². The standard InChI is InChI=1S/C13H23N3O2/c1-4-14-10(2)11-15-12(16-18-11)13(17-3)8-6-5-7-9-13/h10,14H,4-9H2,1-3H3. The van der Waals surface area contributed by atoms with Crippen LogP contribution < -0.4 is 5.32 Å². The van der Waals surface area contributed by atoms with Gasteiger partial charge in [0.15, 0.2) is 0 Å². The van der Waals surface area contributed by atoms with Crippen LogP contribution in [-0.2, 0) is 10.3 Å². The predicted octanol–water partition coefficient (Wildman–Crippen LogP) is 2.55. The lowest BCUT2D eigenvalue weighted by Gasteiger charge is -2.32. The average molecular weight is 253 g/mol. The third-order valence-corrected chi connectivity index (χ3v) is 3.78. The fourth-order valence-electron chi connectivity index (χ4n) is 2.63. The fourth-order valence-corrected chi connectivity index (χ4v) is 2.63. The summed E-state index contributed by atoms with van der Waals surface area (Å²) in [4.78, 5) is 4.53. The van der Waals surface area contributed by atoms with Gasteiger partial charge in [0.1, 0.15) is 5.60 Å². The van der Waals surface area contributed by atoms with E-state index in [4.69, 9.17) is 9.26 Å². The molecule has 0 amide bonds. The molecule has 18 heavy (non-hydrogen) atoms. The molecule has 1 N–H and O–H groups in total. The number of hydrogen-bond acceptors (Lipinski definition) is 5. The first kappa shape index (κ1) is 13.5. The van der Waals surface area contributed by atoms with E-state index in [2.05, 4.69) is 22.4 Å². The molecular formula is C13H23N3O2. The maximum atomic E-state index is 5.71. The lowest BCUT2D eigenvalue weighted by atomic mass is 9.84. The van der Waals surface area contributed by atoms with Crippen molar-refractivity contribution in [2.45, 2.75) is 57.6 Å². The first-order valence-electron chi connectivity index (χ1n) is 6.84. The lowest BCUT2D eigenvalue weighted by Crippen LogP contribution is -2.32. The first-order valence-corrected chi connectivity index (χ1v) is 6.84. The number of aromatic nitrogens is 2. The summed E-state index contributed by atoms with van der Waals surface area (Å²) in [6.45, 7) is 4.97. The summed E-state index contributed by atoms with van der Waals surface area (Å²) in [5.74, 6) is 1.36. The number of rotatable bonds is 5. The molecule has 1 fully saturated rings.